The van der Waals surface area contributed by atoms with Crippen molar-refractivity contribution < 1.29 is 14.6 Å². The Bertz CT molecular complexity index is 1130. The maximum Gasteiger partial charge on any atom is 0.337 e. The minimum Gasteiger partial charge on any atom is -0.490 e. The van der Waals surface area contributed by atoms with E-state index in [9.17, 15) is 14.7 Å². The van der Waals surface area contributed by atoms with Gasteiger partial charge in [0.1, 0.15) is 11.4 Å². The third-order valence-electron chi connectivity index (χ3n) is 4.40. The number of pyridine rings is 1. The molecule has 6 heteroatoms. The summed E-state index contributed by atoms with van der Waals surface area (Å²) >= 11 is 0. The highest BCUT2D eigenvalue weighted by Crippen LogP contribution is 2.22. The number of hydrogen-bond donors (Lipinski definition) is 1. The molecule has 1 N–H and O–H groups in total. The lowest BCUT2D eigenvalue weighted by atomic mass is 10.1. The van der Waals surface area contributed by atoms with E-state index < -0.39 is 5.97 Å². The molecule has 0 amide bonds. The van der Waals surface area contributed by atoms with Crippen LogP contribution in [0.15, 0.2) is 47.4 Å². The summed E-state index contributed by atoms with van der Waals surface area (Å²) in [6.45, 7) is 5.93. The van der Waals surface area contributed by atoms with E-state index in [0.717, 1.165) is 17.7 Å². The van der Waals surface area contributed by atoms with Crippen molar-refractivity contribution in [1.29, 1.82) is 0 Å². The number of para-hydroxylation sites is 1. The van der Waals surface area contributed by atoms with Gasteiger partial charge in [0.25, 0.3) is 5.56 Å². The largest absolute Gasteiger partial charge is 0.490 e. The number of carbonyl (C=O) groups is 1. The Morgan fingerprint density at radius 1 is 1.21 bits per heavy atom. The Hall–Kier alpha value is -3.41. The maximum atomic E-state index is 13.0. The van der Waals surface area contributed by atoms with Gasteiger partial charge in [0.2, 0.25) is 0 Å². The lowest BCUT2D eigenvalue weighted by Gasteiger charge is -2.12. The second-order valence-electron chi connectivity index (χ2n) is 7.02. The third-order valence-corrected chi connectivity index (χ3v) is 4.40. The van der Waals surface area contributed by atoms with E-state index in [1.807, 2.05) is 57.2 Å². The fraction of sp³-hybridized carbons (Fsp3) is 0.261. The van der Waals surface area contributed by atoms with Crippen LogP contribution in [0.25, 0.3) is 17.8 Å². The molecule has 0 spiro atoms. The van der Waals surface area contributed by atoms with Gasteiger partial charge in [-0.15, -0.1) is 0 Å². The zero-order valence-corrected chi connectivity index (χ0v) is 16.8. The molecule has 2 aromatic heterocycles. The van der Waals surface area contributed by atoms with Gasteiger partial charge in [-0.3, -0.25) is 9.20 Å². The van der Waals surface area contributed by atoms with Gasteiger partial charge in [-0.05, 0) is 50.6 Å². The molecule has 1 aromatic carbocycles. The van der Waals surface area contributed by atoms with Crippen LogP contribution in [0.5, 0.6) is 5.75 Å². The molecule has 0 saturated carbocycles. The lowest BCUT2D eigenvalue weighted by molar-refractivity contribution is 0.0696. The molecule has 0 aliphatic heterocycles. The monoisotopic (exact) mass is 392 g/mol. The van der Waals surface area contributed by atoms with Gasteiger partial charge in [0.05, 0.1) is 17.4 Å². The molecular formula is C23H24N2O4. The molecule has 0 unspecified atom stereocenters. The number of rotatable bonds is 7. The van der Waals surface area contributed by atoms with Crippen molar-refractivity contribution in [2.45, 2.75) is 39.7 Å². The maximum absolute atomic E-state index is 13.0. The van der Waals surface area contributed by atoms with Crippen molar-refractivity contribution in [3.05, 3.63) is 75.3 Å². The molecular weight excluding hydrogens is 368 g/mol. The zero-order chi connectivity index (χ0) is 21.0. The van der Waals surface area contributed by atoms with E-state index >= 15 is 0 Å². The average Bonchev–Trinajstić information content (AvgIpc) is 2.69. The smallest absolute Gasteiger partial charge is 0.337 e. The summed E-state index contributed by atoms with van der Waals surface area (Å²) in [7, 11) is 0. The Labute approximate surface area is 169 Å². The molecule has 0 bridgehead atoms. The molecule has 3 aromatic rings. The highest BCUT2D eigenvalue weighted by Gasteiger charge is 2.13. The summed E-state index contributed by atoms with van der Waals surface area (Å²) < 4.78 is 7.16. The van der Waals surface area contributed by atoms with Crippen molar-refractivity contribution in [3.63, 3.8) is 0 Å². The summed E-state index contributed by atoms with van der Waals surface area (Å²) in [5.41, 5.74) is 2.25. The van der Waals surface area contributed by atoms with Crippen molar-refractivity contribution in [1.82, 2.24) is 9.38 Å². The summed E-state index contributed by atoms with van der Waals surface area (Å²) in [6.07, 6.45) is 6.41. The topological polar surface area (TPSA) is 80.9 Å². The standard InChI is InChI=1S/C23H24N2O4/c1-4-7-18-19(12-10-16-8-5-6-9-20(16)29-15(2)3)24-21-13-11-17(23(27)28)14-25(21)22(18)26/h5-6,8-15H,4,7H2,1-3H3,(H,27,28). The fourth-order valence-corrected chi connectivity index (χ4v) is 3.09. The molecule has 29 heavy (non-hydrogen) atoms. The van der Waals surface area contributed by atoms with Gasteiger partial charge in [-0.1, -0.05) is 31.5 Å². The third kappa shape index (κ3) is 4.54. The molecule has 0 aliphatic carbocycles. The second kappa shape index (κ2) is 8.73. The Balaban J connectivity index is 2.11. The lowest BCUT2D eigenvalue weighted by Crippen LogP contribution is -2.22. The number of fused-ring (bicyclic) bond motifs is 1. The Morgan fingerprint density at radius 2 is 1.97 bits per heavy atom. The molecule has 0 saturated heterocycles. The van der Waals surface area contributed by atoms with Crippen LogP contribution in [0.1, 0.15) is 54.4 Å². The predicted octanol–water partition coefficient (Wildman–Crippen LogP) is 4.30. The van der Waals surface area contributed by atoms with Crippen LogP contribution < -0.4 is 10.3 Å². The molecule has 0 aliphatic rings. The van der Waals surface area contributed by atoms with Crippen LogP contribution in [-0.2, 0) is 6.42 Å². The fourth-order valence-electron chi connectivity index (χ4n) is 3.09. The van der Waals surface area contributed by atoms with Crippen LogP contribution in [0.2, 0.25) is 0 Å². The van der Waals surface area contributed by atoms with E-state index in [-0.39, 0.29) is 17.2 Å². The summed E-state index contributed by atoms with van der Waals surface area (Å²) in [4.78, 5) is 28.9. The summed E-state index contributed by atoms with van der Waals surface area (Å²) in [6, 6.07) is 10.7. The van der Waals surface area contributed by atoms with Crippen LogP contribution >= 0.6 is 0 Å². The van der Waals surface area contributed by atoms with Crippen LogP contribution in [-0.4, -0.2) is 26.6 Å². The van der Waals surface area contributed by atoms with Crippen LogP contribution in [0.3, 0.4) is 0 Å². The van der Waals surface area contributed by atoms with Gasteiger partial charge in [-0.25, -0.2) is 9.78 Å². The number of nitrogens with zero attached hydrogens (tertiary/aromatic N) is 2. The number of carboxylic acids is 1. The number of aromatic nitrogens is 2. The normalized spacial score (nSPS) is 11.4. The van der Waals surface area contributed by atoms with Crippen molar-refractivity contribution in [2.75, 3.05) is 0 Å². The van der Waals surface area contributed by atoms with Gasteiger partial charge in [0, 0.05) is 17.3 Å². The highest BCUT2D eigenvalue weighted by atomic mass is 16.5. The minimum absolute atomic E-state index is 0.0481. The van der Waals surface area contributed by atoms with Crippen molar-refractivity contribution in [3.8, 4) is 5.75 Å². The number of benzene rings is 1. The Morgan fingerprint density at radius 3 is 2.66 bits per heavy atom. The van der Waals surface area contributed by atoms with Gasteiger partial charge in [-0.2, -0.15) is 0 Å². The number of aromatic carboxylic acids is 1. The molecule has 0 fully saturated rings. The van der Waals surface area contributed by atoms with E-state index in [2.05, 4.69) is 4.98 Å². The first-order valence-electron chi connectivity index (χ1n) is 9.63. The molecule has 150 valence electrons. The minimum atomic E-state index is -1.08. The Kier molecular flexibility index (Phi) is 6.12. The first-order valence-corrected chi connectivity index (χ1v) is 9.63. The molecule has 2 heterocycles. The van der Waals surface area contributed by atoms with E-state index in [1.54, 1.807) is 6.07 Å². The first-order chi connectivity index (χ1) is 13.9. The van der Waals surface area contributed by atoms with Crippen molar-refractivity contribution in [2.24, 2.45) is 0 Å². The summed E-state index contributed by atoms with van der Waals surface area (Å²) in [5, 5.41) is 9.20. The molecule has 6 nitrogen and oxygen atoms in total. The van der Waals surface area contributed by atoms with Crippen LogP contribution in [0.4, 0.5) is 0 Å². The quantitative estimate of drug-likeness (QED) is 0.648. The number of ether oxygens (including phenoxy) is 1. The van der Waals surface area contributed by atoms with Gasteiger partial charge >= 0.3 is 5.97 Å². The SMILES string of the molecule is CCCc1c(C=Cc2ccccc2OC(C)C)nc2ccc(C(=O)O)cn2c1=O. The van der Waals surface area contributed by atoms with E-state index in [0.29, 0.717) is 23.3 Å². The molecule has 0 atom stereocenters. The first kappa shape index (κ1) is 20.3. The average molecular weight is 392 g/mol. The molecule has 3 rings (SSSR count). The van der Waals surface area contributed by atoms with Crippen LogP contribution in [0, 0.1) is 0 Å². The summed E-state index contributed by atoms with van der Waals surface area (Å²) in [5.74, 6) is -0.319. The van der Waals surface area contributed by atoms with Gasteiger partial charge < -0.3 is 9.84 Å². The number of hydrogen-bond acceptors (Lipinski definition) is 4. The second-order valence-corrected chi connectivity index (χ2v) is 7.02. The highest BCUT2D eigenvalue weighted by molar-refractivity contribution is 5.87. The van der Waals surface area contributed by atoms with E-state index in [1.165, 1.54) is 16.7 Å². The van der Waals surface area contributed by atoms with Crippen molar-refractivity contribution >= 4 is 23.8 Å². The predicted molar refractivity (Wildman–Crippen MR) is 114 cm³/mol. The van der Waals surface area contributed by atoms with Gasteiger partial charge in [0.15, 0.2) is 0 Å². The zero-order valence-electron chi connectivity index (χ0n) is 16.8. The van der Waals surface area contributed by atoms with E-state index in [4.69, 9.17) is 4.74 Å². The molecule has 0 radical (unpaired) electrons. The number of carboxylic acid groups (broad SMARTS) is 1.